The molecule has 1 aromatic carbocycles. The Balaban J connectivity index is 2.20. The van der Waals surface area contributed by atoms with Crippen molar-refractivity contribution in [1.29, 1.82) is 0 Å². The summed E-state index contributed by atoms with van der Waals surface area (Å²) in [6, 6.07) is 6.97. The summed E-state index contributed by atoms with van der Waals surface area (Å²) in [5.41, 5.74) is 1.89. The zero-order chi connectivity index (χ0) is 16.7. The molecule has 0 fully saturated rings. The molecule has 1 N–H and O–H groups in total. The van der Waals surface area contributed by atoms with Crippen LogP contribution in [-0.2, 0) is 4.79 Å². The highest BCUT2D eigenvalue weighted by molar-refractivity contribution is 8.21. The lowest BCUT2D eigenvalue weighted by Gasteiger charge is -2.14. The second-order valence-electron chi connectivity index (χ2n) is 5.44. The smallest absolute Gasteiger partial charge is 0.310 e. The van der Waals surface area contributed by atoms with Gasteiger partial charge in [-0.1, -0.05) is 47.4 Å². The molecule has 0 amide bonds. The van der Waals surface area contributed by atoms with Gasteiger partial charge in [-0.15, -0.1) is 0 Å². The second-order valence-corrected chi connectivity index (χ2v) is 6.72. The number of aliphatic carboxylic acids is 1. The highest BCUT2D eigenvalue weighted by Crippen LogP contribution is 2.25. The Labute approximate surface area is 144 Å². The third-order valence-electron chi connectivity index (χ3n) is 3.82. The van der Waals surface area contributed by atoms with Gasteiger partial charge in [0, 0.05) is 16.9 Å². The first-order valence-electron chi connectivity index (χ1n) is 7.61. The number of Topliss-reactive ketones (excluding diaryl/α,β-unsaturated/α-hetero) is 1. The number of benzene rings is 1. The van der Waals surface area contributed by atoms with Crippen molar-refractivity contribution in [3.8, 4) is 0 Å². The van der Waals surface area contributed by atoms with E-state index < -0.39 is 11.9 Å². The maximum atomic E-state index is 12.5. The number of hydrogen-bond donors (Lipinski definition) is 1. The van der Waals surface area contributed by atoms with Crippen LogP contribution in [0, 0.1) is 0 Å². The minimum Gasteiger partial charge on any atom is -0.481 e. The molecule has 3 nitrogen and oxygen atoms in total. The number of hydrogen-bond acceptors (Lipinski definition) is 3. The predicted octanol–water partition coefficient (Wildman–Crippen LogP) is 4.98. The van der Waals surface area contributed by atoms with Crippen LogP contribution in [0.2, 0.25) is 0 Å². The van der Waals surface area contributed by atoms with Crippen LogP contribution in [0.1, 0.15) is 47.5 Å². The quantitative estimate of drug-likeness (QED) is 0.530. The standard InChI is InChI=1S/C18H19ClO3S/c19-23-11-5-10-16(18(21)22)14-8-4-9-15(12-14)17(20)13-6-2-1-3-7-13/h2,4,6-9,12,16H,1,3,5,10-11H2,(H,21,22). The maximum Gasteiger partial charge on any atom is 0.310 e. The van der Waals surface area contributed by atoms with E-state index in [0.717, 1.165) is 19.3 Å². The van der Waals surface area contributed by atoms with E-state index in [1.54, 1.807) is 24.3 Å². The molecule has 0 radical (unpaired) electrons. The van der Waals surface area contributed by atoms with Gasteiger partial charge in [-0.05, 0) is 48.0 Å². The number of carbonyl (C=O) groups is 2. The van der Waals surface area contributed by atoms with E-state index in [0.29, 0.717) is 28.9 Å². The van der Waals surface area contributed by atoms with Gasteiger partial charge in [0.2, 0.25) is 0 Å². The van der Waals surface area contributed by atoms with Crippen molar-refractivity contribution in [2.24, 2.45) is 0 Å². The number of rotatable bonds is 8. The minimum absolute atomic E-state index is 0.0525. The van der Waals surface area contributed by atoms with Crippen molar-refractivity contribution in [2.75, 3.05) is 5.75 Å². The molecular formula is C18H19ClO3S. The molecule has 2 rings (SSSR count). The Morgan fingerprint density at radius 2 is 2.13 bits per heavy atom. The SMILES string of the molecule is O=C(C1=CCCC=C1)c1cccc(C(CCCSCl)C(=O)O)c1. The lowest BCUT2D eigenvalue weighted by Crippen LogP contribution is -2.13. The lowest BCUT2D eigenvalue weighted by atomic mass is 9.91. The van der Waals surface area contributed by atoms with Crippen LogP contribution in [0.15, 0.2) is 48.1 Å². The Hall–Kier alpha value is -1.52. The number of halogens is 1. The Kier molecular flexibility index (Phi) is 6.93. The van der Waals surface area contributed by atoms with Crippen molar-refractivity contribution < 1.29 is 14.7 Å². The van der Waals surface area contributed by atoms with E-state index in [-0.39, 0.29) is 5.78 Å². The van der Waals surface area contributed by atoms with E-state index in [1.165, 1.54) is 11.0 Å². The molecule has 0 saturated heterocycles. The second kappa shape index (κ2) is 8.94. The summed E-state index contributed by atoms with van der Waals surface area (Å²) in [6.07, 6.45) is 8.81. The normalized spacial score (nSPS) is 15.1. The average Bonchev–Trinajstić information content (AvgIpc) is 2.58. The molecule has 1 aromatic rings. The highest BCUT2D eigenvalue weighted by atomic mass is 35.7. The van der Waals surface area contributed by atoms with E-state index in [4.69, 9.17) is 10.7 Å². The number of ketones is 1. The molecule has 122 valence electrons. The van der Waals surface area contributed by atoms with E-state index >= 15 is 0 Å². The fourth-order valence-electron chi connectivity index (χ4n) is 2.62. The van der Waals surface area contributed by atoms with Crippen LogP contribution in [-0.4, -0.2) is 22.6 Å². The van der Waals surface area contributed by atoms with Crippen molar-refractivity contribution >= 4 is 33.4 Å². The molecule has 0 aliphatic heterocycles. The first kappa shape index (κ1) is 17.8. The molecule has 1 atom stereocenters. The van der Waals surface area contributed by atoms with Crippen LogP contribution >= 0.6 is 21.7 Å². The molecule has 1 aliphatic carbocycles. The molecule has 1 unspecified atom stereocenters. The zero-order valence-corrected chi connectivity index (χ0v) is 14.3. The molecular weight excluding hydrogens is 332 g/mol. The first-order chi connectivity index (χ1) is 11.1. The van der Waals surface area contributed by atoms with Gasteiger partial charge in [0.1, 0.15) is 0 Å². The third kappa shape index (κ3) is 4.98. The largest absolute Gasteiger partial charge is 0.481 e. The average molecular weight is 351 g/mol. The first-order valence-corrected chi connectivity index (χ1v) is 9.42. The summed E-state index contributed by atoms with van der Waals surface area (Å²) >= 11 is 0. The van der Waals surface area contributed by atoms with Crippen LogP contribution in [0.4, 0.5) is 0 Å². The summed E-state index contributed by atoms with van der Waals surface area (Å²) in [5, 5.41) is 9.46. The maximum absolute atomic E-state index is 12.5. The number of allylic oxidation sites excluding steroid dienone is 4. The van der Waals surface area contributed by atoms with E-state index in [2.05, 4.69) is 0 Å². The molecule has 5 heteroatoms. The van der Waals surface area contributed by atoms with Crippen molar-refractivity contribution in [2.45, 2.75) is 31.6 Å². The van der Waals surface area contributed by atoms with Crippen LogP contribution < -0.4 is 0 Å². The summed E-state index contributed by atoms with van der Waals surface area (Å²) < 4.78 is 0. The van der Waals surface area contributed by atoms with Gasteiger partial charge < -0.3 is 5.11 Å². The van der Waals surface area contributed by atoms with E-state index in [1.807, 2.05) is 18.2 Å². The molecule has 1 aliphatic rings. The highest BCUT2D eigenvalue weighted by Gasteiger charge is 2.21. The predicted molar refractivity (Wildman–Crippen MR) is 95.2 cm³/mol. The molecule has 0 spiro atoms. The monoisotopic (exact) mass is 350 g/mol. The Morgan fingerprint density at radius 3 is 2.78 bits per heavy atom. The fraction of sp³-hybridized carbons (Fsp3) is 0.333. The number of carboxylic acids is 1. The molecule has 0 bridgehead atoms. The van der Waals surface area contributed by atoms with Gasteiger partial charge in [0.25, 0.3) is 0 Å². The molecule has 0 heterocycles. The number of carbonyl (C=O) groups excluding carboxylic acids is 1. The number of carboxylic acid groups (broad SMARTS) is 1. The van der Waals surface area contributed by atoms with Gasteiger partial charge >= 0.3 is 5.97 Å². The third-order valence-corrected chi connectivity index (χ3v) is 4.73. The van der Waals surface area contributed by atoms with Gasteiger partial charge in [-0.25, -0.2) is 0 Å². The fourth-order valence-corrected chi connectivity index (χ4v) is 3.22. The molecule has 23 heavy (non-hydrogen) atoms. The Morgan fingerprint density at radius 1 is 1.30 bits per heavy atom. The lowest BCUT2D eigenvalue weighted by molar-refractivity contribution is -0.139. The minimum atomic E-state index is -0.869. The van der Waals surface area contributed by atoms with Gasteiger partial charge in [-0.2, -0.15) is 0 Å². The van der Waals surface area contributed by atoms with Gasteiger partial charge in [0.15, 0.2) is 5.78 Å². The van der Waals surface area contributed by atoms with Crippen LogP contribution in [0.3, 0.4) is 0 Å². The zero-order valence-electron chi connectivity index (χ0n) is 12.7. The van der Waals surface area contributed by atoms with Gasteiger partial charge in [0.05, 0.1) is 5.92 Å². The topological polar surface area (TPSA) is 54.4 Å². The van der Waals surface area contributed by atoms with Crippen molar-refractivity contribution in [3.63, 3.8) is 0 Å². The van der Waals surface area contributed by atoms with Crippen molar-refractivity contribution in [1.82, 2.24) is 0 Å². The van der Waals surface area contributed by atoms with E-state index in [9.17, 15) is 14.7 Å². The molecule has 0 saturated carbocycles. The summed E-state index contributed by atoms with van der Waals surface area (Å²) in [7, 11) is 6.76. The summed E-state index contributed by atoms with van der Waals surface area (Å²) in [6.45, 7) is 0. The molecule has 0 aromatic heterocycles. The Bertz CT molecular complexity index is 637. The summed E-state index contributed by atoms with van der Waals surface area (Å²) in [5.74, 6) is -0.821. The van der Waals surface area contributed by atoms with Crippen LogP contribution in [0.5, 0.6) is 0 Å². The van der Waals surface area contributed by atoms with Crippen molar-refractivity contribution in [3.05, 3.63) is 59.2 Å². The van der Waals surface area contributed by atoms with Gasteiger partial charge in [-0.3, -0.25) is 9.59 Å². The summed E-state index contributed by atoms with van der Waals surface area (Å²) in [4.78, 5) is 24.0. The van der Waals surface area contributed by atoms with Crippen LogP contribution in [0.25, 0.3) is 0 Å².